The monoisotopic (exact) mass is 867 g/mol. The van der Waals surface area contributed by atoms with Crippen LogP contribution in [0.15, 0.2) is 224 Å². The lowest BCUT2D eigenvalue weighted by atomic mass is 9.69. The maximum absolute atomic E-state index is 2.63. The van der Waals surface area contributed by atoms with Crippen LogP contribution in [0.25, 0.3) is 66.8 Å². The lowest BCUT2D eigenvalue weighted by Crippen LogP contribution is -2.26. The third-order valence-corrected chi connectivity index (χ3v) is 16.3. The molecule has 0 N–H and O–H groups in total. The van der Waals surface area contributed by atoms with Crippen LogP contribution in [0.2, 0.25) is 0 Å². The van der Waals surface area contributed by atoms with Crippen LogP contribution in [0.1, 0.15) is 72.2 Å². The number of hydrogen-bond donors (Lipinski definition) is 0. The Morgan fingerprint density at radius 3 is 1.32 bits per heavy atom. The van der Waals surface area contributed by atoms with Crippen LogP contribution in [0.5, 0.6) is 0 Å². The van der Waals surface area contributed by atoms with E-state index in [-0.39, 0.29) is 10.8 Å². The number of rotatable bonds is 5. The van der Waals surface area contributed by atoms with Crippen molar-refractivity contribution in [2.45, 2.75) is 43.9 Å². The average molecular weight is 868 g/mol. The molecule has 0 radical (unpaired) electrons. The van der Waals surface area contributed by atoms with Crippen molar-refractivity contribution < 1.29 is 0 Å². The van der Waals surface area contributed by atoms with Crippen LogP contribution in [0.3, 0.4) is 0 Å². The molecule has 0 fully saturated rings. The summed E-state index contributed by atoms with van der Waals surface area (Å²) in [7, 11) is 0. The summed E-state index contributed by atoms with van der Waals surface area (Å²) in [6.45, 7) is 9.65. The first kappa shape index (κ1) is 39.2. The highest BCUT2D eigenvalue weighted by Gasteiger charge is 2.54. The van der Waals surface area contributed by atoms with E-state index in [1.807, 2.05) is 0 Å². The van der Waals surface area contributed by atoms with E-state index in [4.69, 9.17) is 0 Å². The molecule has 10 aromatic rings. The van der Waals surface area contributed by atoms with Crippen molar-refractivity contribution in [1.29, 1.82) is 0 Å². The lowest BCUT2D eigenvalue weighted by molar-refractivity contribution is 0.657. The molecule has 0 aliphatic heterocycles. The maximum Gasteiger partial charge on any atom is 0.0725 e. The molecule has 0 unspecified atom stereocenters. The van der Waals surface area contributed by atoms with Crippen molar-refractivity contribution in [3.05, 3.63) is 269 Å². The average Bonchev–Trinajstić information content (AvgIpc) is 4.01. The topological polar surface area (TPSA) is 3.24 Å². The van der Waals surface area contributed by atoms with Crippen molar-refractivity contribution in [3.63, 3.8) is 0 Å². The fourth-order valence-corrected chi connectivity index (χ4v) is 13.2. The van der Waals surface area contributed by atoms with Gasteiger partial charge in [-0.3, -0.25) is 0 Å². The molecule has 322 valence electrons. The van der Waals surface area contributed by atoms with Gasteiger partial charge in [0.1, 0.15) is 0 Å². The zero-order valence-corrected chi connectivity index (χ0v) is 38.8. The van der Waals surface area contributed by atoms with Crippen LogP contribution in [-0.4, -0.2) is 0 Å². The van der Waals surface area contributed by atoms with Crippen LogP contribution in [0.4, 0.5) is 17.1 Å². The van der Waals surface area contributed by atoms with E-state index in [2.05, 4.69) is 257 Å². The van der Waals surface area contributed by atoms with Gasteiger partial charge in [0.15, 0.2) is 0 Å². The largest absolute Gasteiger partial charge is 0.310 e. The Bertz CT molecular complexity index is 3680. The Morgan fingerprint density at radius 1 is 0.250 bits per heavy atom. The molecule has 68 heavy (non-hydrogen) atoms. The number of hydrogen-bond acceptors (Lipinski definition) is 1. The van der Waals surface area contributed by atoms with Gasteiger partial charge in [0.05, 0.1) is 5.41 Å². The van der Waals surface area contributed by atoms with Crippen molar-refractivity contribution >= 4 is 17.1 Å². The predicted molar refractivity (Wildman–Crippen MR) is 283 cm³/mol. The van der Waals surface area contributed by atoms with E-state index >= 15 is 0 Å². The summed E-state index contributed by atoms with van der Waals surface area (Å²) in [5.41, 5.74) is 29.2. The minimum atomic E-state index is -0.447. The molecule has 4 aliphatic rings. The third kappa shape index (κ3) is 5.11. The van der Waals surface area contributed by atoms with Crippen molar-refractivity contribution in [1.82, 2.24) is 0 Å². The van der Waals surface area contributed by atoms with E-state index in [9.17, 15) is 0 Å². The standard InChI is InChI=1S/C67H49N/c1-65(2)54-27-15-11-23-48(54)51-37-35-47(40-59(51)65)68(45-33-31-43(32-34-45)42-19-7-5-8-20-42)46-36-38-55-53(39-46)64-60(66(55,3)4)41-61-63(62(64)44-21-9-6-10-22-44)52-26-14-18-30-58(52)67(61)56-28-16-12-24-49(56)50-25-13-17-29-57(50)67/h5-41H,1-4H3. The molecule has 0 saturated heterocycles. The molecule has 14 rings (SSSR count). The van der Waals surface area contributed by atoms with E-state index in [1.54, 1.807) is 0 Å². The fraction of sp³-hybridized carbons (Fsp3) is 0.104. The zero-order chi connectivity index (χ0) is 45.5. The first-order valence-electron chi connectivity index (χ1n) is 24.2. The highest BCUT2D eigenvalue weighted by molar-refractivity contribution is 6.07. The van der Waals surface area contributed by atoms with E-state index in [0.717, 1.165) is 17.1 Å². The van der Waals surface area contributed by atoms with Gasteiger partial charge in [-0.25, -0.2) is 0 Å². The summed E-state index contributed by atoms with van der Waals surface area (Å²) >= 11 is 0. The molecule has 1 heteroatoms. The molecule has 0 atom stereocenters. The van der Waals surface area contributed by atoms with Gasteiger partial charge >= 0.3 is 0 Å². The second-order valence-corrected chi connectivity index (χ2v) is 20.4. The van der Waals surface area contributed by atoms with E-state index < -0.39 is 5.41 Å². The Hall–Kier alpha value is -8.00. The van der Waals surface area contributed by atoms with E-state index in [0.29, 0.717) is 0 Å². The lowest BCUT2D eigenvalue weighted by Gasteiger charge is -2.32. The van der Waals surface area contributed by atoms with Gasteiger partial charge in [0, 0.05) is 27.9 Å². The summed E-state index contributed by atoms with van der Waals surface area (Å²) in [6, 6.07) is 84.8. The maximum atomic E-state index is 2.63. The highest BCUT2D eigenvalue weighted by atomic mass is 15.1. The molecule has 0 saturated carbocycles. The zero-order valence-electron chi connectivity index (χ0n) is 38.8. The predicted octanol–water partition coefficient (Wildman–Crippen LogP) is 17.4. The molecule has 4 aliphatic carbocycles. The van der Waals surface area contributed by atoms with Crippen LogP contribution >= 0.6 is 0 Å². The van der Waals surface area contributed by atoms with E-state index in [1.165, 1.54) is 111 Å². The quantitative estimate of drug-likeness (QED) is 0.167. The van der Waals surface area contributed by atoms with Gasteiger partial charge in [0.2, 0.25) is 0 Å². The molecule has 0 heterocycles. The van der Waals surface area contributed by atoms with Gasteiger partial charge in [-0.1, -0.05) is 216 Å². The highest BCUT2D eigenvalue weighted by Crippen LogP contribution is 2.67. The van der Waals surface area contributed by atoms with Gasteiger partial charge in [0.25, 0.3) is 0 Å². The van der Waals surface area contributed by atoms with Crippen LogP contribution in [0, 0.1) is 0 Å². The van der Waals surface area contributed by atoms with Crippen LogP contribution < -0.4 is 4.90 Å². The summed E-state index contributed by atoms with van der Waals surface area (Å²) in [4.78, 5) is 2.49. The Morgan fingerprint density at radius 2 is 0.676 bits per heavy atom. The Labute approximate surface area is 399 Å². The summed E-state index contributed by atoms with van der Waals surface area (Å²) in [5, 5.41) is 0. The smallest absolute Gasteiger partial charge is 0.0725 e. The summed E-state index contributed by atoms with van der Waals surface area (Å²) in [6.07, 6.45) is 0. The fourth-order valence-electron chi connectivity index (χ4n) is 13.2. The molecule has 0 amide bonds. The Balaban J connectivity index is 1.03. The third-order valence-electron chi connectivity index (χ3n) is 16.3. The van der Waals surface area contributed by atoms with Crippen molar-refractivity contribution in [3.8, 4) is 66.8 Å². The number of fused-ring (bicyclic) bond motifs is 16. The SMILES string of the molecule is CC1(C)c2ccccc2-c2ccc(N(c3ccc(-c4ccccc4)cc3)c3ccc4c(c3)-c3c(cc5c(c3-c3ccccc3)-c3ccccc3C53c5ccccc5-c5ccccc53)C4(C)C)cc21. The number of nitrogens with zero attached hydrogens (tertiary/aromatic N) is 1. The van der Waals surface area contributed by atoms with Crippen molar-refractivity contribution in [2.75, 3.05) is 4.90 Å². The molecule has 0 bridgehead atoms. The van der Waals surface area contributed by atoms with Gasteiger partial charge < -0.3 is 4.90 Å². The molecule has 1 nitrogen and oxygen atoms in total. The molecular formula is C67H49N. The second-order valence-electron chi connectivity index (χ2n) is 20.4. The minimum Gasteiger partial charge on any atom is -0.310 e. The normalized spacial score (nSPS) is 15.1. The Kier molecular flexibility index (Phi) is 8.08. The first-order chi connectivity index (χ1) is 33.3. The molecule has 10 aromatic carbocycles. The van der Waals surface area contributed by atoms with Gasteiger partial charge in [-0.05, 0) is 148 Å². The summed E-state index contributed by atoms with van der Waals surface area (Å²) < 4.78 is 0. The molecule has 0 aromatic heterocycles. The minimum absolute atomic E-state index is 0.134. The second kappa shape index (κ2) is 14.0. The van der Waals surface area contributed by atoms with Gasteiger partial charge in [-0.15, -0.1) is 0 Å². The first-order valence-corrected chi connectivity index (χ1v) is 24.2. The molecule has 1 spiro atoms. The number of anilines is 3. The number of benzene rings is 10. The van der Waals surface area contributed by atoms with Crippen LogP contribution in [-0.2, 0) is 16.2 Å². The van der Waals surface area contributed by atoms with Crippen molar-refractivity contribution in [2.24, 2.45) is 0 Å². The van der Waals surface area contributed by atoms with Gasteiger partial charge in [-0.2, -0.15) is 0 Å². The molecular weight excluding hydrogens is 819 g/mol. The summed E-state index contributed by atoms with van der Waals surface area (Å²) in [5.74, 6) is 0.